The standard InChI is InChI=1S/C8H10F2N2O2/c9-8(10)14-6-1-2-7(12-5-6)11-3-4-13/h1-2,5,8,13H,3-4H2,(H,11,12). The van der Waals surface area contributed by atoms with Crippen LogP contribution >= 0.6 is 0 Å². The monoisotopic (exact) mass is 204 g/mol. The number of aliphatic hydroxyl groups excluding tert-OH is 1. The van der Waals surface area contributed by atoms with Crippen LogP contribution in [0.1, 0.15) is 0 Å². The quantitative estimate of drug-likeness (QED) is 0.753. The molecule has 14 heavy (non-hydrogen) atoms. The van der Waals surface area contributed by atoms with Crippen molar-refractivity contribution in [2.24, 2.45) is 0 Å². The number of ether oxygens (including phenoxy) is 1. The Bertz CT molecular complexity index is 267. The molecule has 0 radical (unpaired) electrons. The van der Waals surface area contributed by atoms with Crippen LogP contribution in [0.5, 0.6) is 5.75 Å². The average Bonchev–Trinajstić information content (AvgIpc) is 2.16. The van der Waals surface area contributed by atoms with Crippen molar-refractivity contribution in [2.45, 2.75) is 6.61 Å². The van der Waals surface area contributed by atoms with Gasteiger partial charge in [-0.2, -0.15) is 8.78 Å². The highest BCUT2D eigenvalue weighted by molar-refractivity contribution is 5.37. The fourth-order valence-electron chi connectivity index (χ4n) is 0.841. The molecule has 0 aliphatic heterocycles. The lowest BCUT2D eigenvalue weighted by atomic mass is 10.4. The van der Waals surface area contributed by atoms with Crippen LogP contribution in [0.25, 0.3) is 0 Å². The second kappa shape index (κ2) is 5.33. The van der Waals surface area contributed by atoms with Gasteiger partial charge in [-0.3, -0.25) is 0 Å². The Morgan fingerprint density at radius 1 is 1.50 bits per heavy atom. The zero-order valence-corrected chi connectivity index (χ0v) is 7.28. The molecule has 0 aliphatic rings. The summed E-state index contributed by atoms with van der Waals surface area (Å²) in [6, 6.07) is 2.87. The molecule has 0 saturated carbocycles. The first-order chi connectivity index (χ1) is 6.72. The maximum Gasteiger partial charge on any atom is 0.387 e. The molecule has 0 aliphatic carbocycles. The summed E-state index contributed by atoms with van der Waals surface area (Å²) in [5.74, 6) is 0.509. The topological polar surface area (TPSA) is 54.4 Å². The summed E-state index contributed by atoms with van der Waals surface area (Å²) in [5.41, 5.74) is 0. The van der Waals surface area contributed by atoms with Gasteiger partial charge in [0.15, 0.2) is 0 Å². The first kappa shape index (κ1) is 10.6. The van der Waals surface area contributed by atoms with Crippen molar-refractivity contribution < 1.29 is 18.6 Å². The van der Waals surface area contributed by atoms with Crippen molar-refractivity contribution in [3.63, 3.8) is 0 Å². The Balaban J connectivity index is 2.50. The lowest BCUT2D eigenvalue weighted by Gasteiger charge is -2.05. The predicted molar refractivity (Wildman–Crippen MR) is 46.4 cm³/mol. The van der Waals surface area contributed by atoms with Gasteiger partial charge in [0.2, 0.25) is 0 Å². The number of hydrogen-bond donors (Lipinski definition) is 2. The van der Waals surface area contributed by atoms with Crippen molar-refractivity contribution in [1.29, 1.82) is 0 Å². The van der Waals surface area contributed by atoms with E-state index in [1.165, 1.54) is 18.3 Å². The molecule has 1 aromatic rings. The minimum atomic E-state index is -2.84. The van der Waals surface area contributed by atoms with Gasteiger partial charge in [-0.05, 0) is 12.1 Å². The minimum absolute atomic E-state index is 0.00884. The van der Waals surface area contributed by atoms with Gasteiger partial charge < -0.3 is 15.2 Å². The Morgan fingerprint density at radius 2 is 2.29 bits per heavy atom. The Labute approximate surface area is 79.5 Å². The van der Waals surface area contributed by atoms with E-state index in [0.717, 1.165) is 0 Å². The number of rotatable bonds is 5. The van der Waals surface area contributed by atoms with Crippen LogP contribution in [-0.2, 0) is 0 Å². The summed E-state index contributed by atoms with van der Waals surface area (Å²) in [5, 5.41) is 11.3. The van der Waals surface area contributed by atoms with Crippen molar-refractivity contribution in [3.05, 3.63) is 18.3 Å². The van der Waals surface area contributed by atoms with E-state index in [1.54, 1.807) is 0 Å². The maximum atomic E-state index is 11.7. The van der Waals surface area contributed by atoms with Gasteiger partial charge in [0.05, 0.1) is 12.8 Å². The fourth-order valence-corrected chi connectivity index (χ4v) is 0.841. The van der Waals surface area contributed by atoms with Crippen LogP contribution < -0.4 is 10.1 Å². The highest BCUT2D eigenvalue weighted by atomic mass is 19.3. The number of aliphatic hydroxyl groups is 1. The molecule has 0 bridgehead atoms. The first-order valence-corrected chi connectivity index (χ1v) is 3.98. The molecule has 0 unspecified atom stereocenters. The summed E-state index contributed by atoms with van der Waals surface area (Å²) in [4.78, 5) is 3.79. The summed E-state index contributed by atoms with van der Waals surface area (Å²) >= 11 is 0. The summed E-state index contributed by atoms with van der Waals surface area (Å²) in [6.07, 6.45) is 1.19. The van der Waals surface area contributed by atoms with Gasteiger partial charge >= 0.3 is 6.61 Å². The van der Waals surface area contributed by atoms with Crippen LogP contribution in [0.2, 0.25) is 0 Å². The molecule has 78 valence electrons. The lowest BCUT2D eigenvalue weighted by Crippen LogP contribution is -2.07. The van der Waals surface area contributed by atoms with E-state index in [2.05, 4.69) is 15.0 Å². The smallest absolute Gasteiger partial charge is 0.387 e. The minimum Gasteiger partial charge on any atom is -0.433 e. The second-order valence-electron chi connectivity index (χ2n) is 2.41. The van der Waals surface area contributed by atoms with E-state index in [4.69, 9.17) is 5.11 Å². The van der Waals surface area contributed by atoms with Gasteiger partial charge in [-0.1, -0.05) is 0 Å². The maximum absolute atomic E-state index is 11.7. The van der Waals surface area contributed by atoms with E-state index in [0.29, 0.717) is 12.4 Å². The molecule has 0 spiro atoms. The third-order valence-corrected chi connectivity index (χ3v) is 1.38. The van der Waals surface area contributed by atoms with Crippen LogP contribution in [0, 0.1) is 0 Å². The number of hydrogen-bond acceptors (Lipinski definition) is 4. The number of nitrogens with zero attached hydrogens (tertiary/aromatic N) is 1. The zero-order chi connectivity index (χ0) is 10.4. The van der Waals surface area contributed by atoms with Gasteiger partial charge in [0.1, 0.15) is 11.6 Å². The molecule has 2 N–H and O–H groups in total. The van der Waals surface area contributed by atoms with Gasteiger partial charge in [-0.15, -0.1) is 0 Å². The van der Waals surface area contributed by atoms with Gasteiger partial charge in [0, 0.05) is 6.54 Å². The highest BCUT2D eigenvalue weighted by Crippen LogP contribution is 2.14. The highest BCUT2D eigenvalue weighted by Gasteiger charge is 2.03. The number of pyridine rings is 1. The SMILES string of the molecule is OCCNc1ccc(OC(F)F)cn1. The van der Waals surface area contributed by atoms with Crippen LogP contribution in [-0.4, -0.2) is 29.9 Å². The molecule has 1 aromatic heterocycles. The number of halogens is 2. The van der Waals surface area contributed by atoms with E-state index in [-0.39, 0.29) is 12.4 Å². The van der Waals surface area contributed by atoms with Crippen LogP contribution in [0.3, 0.4) is 0 Å². The molecule has 1 heterocycles. The third-order valence-electron chi connectivity index (χ3n) is 1.38. The molecule has 6 heteroatoms. The molecule has 0 aromatic carbocycles. The zero-order valence-electron chi connectivity index (χ0n) is 7.28. The van der Waals surface area contributed by atoms with Crippen molar-refractivity contribution in [3.8, 4) is 5.75 Å². The fraction of sp³-hybridized carbons (Fsp3) is 0.375. The van der Waals surface area contributed by atoms with Crippen molar-refractivity contribution >= 4 is 5.82 Å². The largest absolute Gasteiger partial charge is 0.433 e. The number of aromatic nitrogens is 1. The number of anilines is 1. The lowest BCUT2D eigenvalue weighted by molar-refractivity contribution is -0.0500. The van der Waals surface area contributed by atoms with Gasteiger partial charge in [0.25, 0.3) is 0 Å². The molecule has 0 saturated heterocycles. The summed E-state index contributed by atoms with van der Waals surface area (Å²) < 4.78 is 27.6. The van der Waals surface area contributed by atoms with E-state index < -0.39 is 6.61 Å². The molecular formula is C8H10F2N2O2. The molecular weight excluding hydrogens is 194 g/mol. The molecule has 0 fully saturated rings. The third kappa shape index (κ3) is 3.53. The van der Waals surface area contributed by atoms with E-state index >= 15 is 0 Å². The van der Waals surface area contributed by atoms with E-state index in [9.17, 15) is 8.78 Å². The molecule has 1 rings (SSSR count). The Hall–Kier alpha value is -1.43. The summed E-state index contributed by atoms with van der Waals surface area (Å²) in [6.45, 7) is -2.49. The van der Waals surface area contributed by atoms with Crippen molar-refractivity contribution in [2.75, 3.05) is 18.5 Å². The predicted octanol–water partition coefficient (Wildman–Crippen LogP) is 1.09. The average molecular weight is 204 g/mol. The van der Waals surface area contributed by atoms with Gasteiger partial charge in [-0.25, -0.2) is 4.98 Å². The van der Waals surface area contributed by atoms with E-state index in [1.807, 2.05) is 0 Å². The first-order valence-electron chi connectivity index (χ1n) is 3.98. The van der Waals surface area contributed by atoms with Crippen LogP contribution in [0.4, 0.5) is 14.6 Å². The summed E-state index contributed by atoms with van der Waals surface area (Å²) in [7, 11) is 0. The molecule has 0 amide bonds. The Morgan fingerprint density at radius 3 is 2.79 bits per heavy atom. The second-order valence-corrected chi connectivity index (χ2v) is 2.41. The normalized spacial score (nSPS) is 10.3. The molecule has 4 nitrogen and oxygen atoms in total. The van der Waals surface area contributed by atoms with Crippen molar-refractivity contribution in [1.82, 2.24) is 4.98 Å². The van der Waals surface area contributed by atoms with Crippen LogP contribution in [0.15, 0.2) is 18.3 Å². The molecule has 0 atom stereocenters. The Kier molecular flexibility index (Phi) is 4.06. The number of nitrogens with one attached hydrogen (secondary N) is 1. The number of alkyl halides is 2.